The van der Waals surface area contributed by atoms with Gasteiger partial charge in [-0.15, -0.1) is 0 Å². The molecule has 5 heteroatoms. The Morgan fingerprint density at radius 2 is 2.06 bits per heavy atom. The molecule has 0 saturated carbocycles. The van der Waals surface area contributed by atoms with Crippen molar-refractivity contribution in [3.05, 3.63) is 0 Å². The van der Waals surface area contributed by atoms with E-state index in [-0.39, 0.29) is 18.0 Å². The molecule has 2 aliphatic heterocycles. The quantitative estimate of drug-likeness (QED) is 0.668. The summed E-state index contributed by atoms with van der Waals surface area (Å²) in [6.45, 7) is 1.28. The molecule has 2 aliphatic rings. The average Bonchev–Trinajstić information content (AvgIpc) is 2.91. The van der Waals surface area contributed by atoms with Gasteiger partial charge in [0.15, 0.2) is 0 Å². The maximum absolute atomic E-state index is 12.2. The second kappa shape index (κ2) is 5.49. The molecule has 96 valence electrons. The number of carbonyl (C=O) groups excluding carboxylic acids is 2. The molecule has 0 aliphatic carbocycles. The Bertz CT molecular complexity index is 299. The molecule has 0 N–H and O–H groups in total. The number of hydrogen-bond acceptors (Lipinski definition) is 4. The molecule has 0 spiro atoms. The molecule has 2 saturated heterocycles. The summed E-state index contributed by atoms with van der Waals surface area (Å²) < 4.78 is 10.1. The van der Waals surface area contributed by atoms with Crippen LogP contribution in [0, 0.1) is 0 Å². The molecule has 0 radical (unpaired) electrons. The van der Waals surface area contributed by atoms with Gasteiger partial charge in [0.05, 0.1) is 7.11 Å². The number of amides is 1. The number of piperidine rings is 1. The van der Waals surface area contributed by atoms with Gasteiger partial charge in [0, 0.05) is 13.2 Å². The van der Waals surface area contributed by atoms with E-state index in [4.69, 9.17) is 9.47 Å². The number of rotatable bonds is 2. The molecule has 2 fully saturated rings. The van der Waals surface area contributed by atoms with Gasteiger partial charge in [0.2, 0.25) is 0 Å². The average molecular weight is 241 g/mol. The lowest BCUT2D eigenvalue weighted by Gasteiger charge is -2.35. The molecule has 0 bridgehead atoms. The number of nitrogens with zero attached hydrogens (tertiary/aromatic N) is 1. The van der Waals surface area contributed by atoms with Gasteiger partial charge >= 0.3 is 5.97 Å². The van der Waals surface area contributed by atoms with E-state index in [1.165, 1.54) is 7.11 Å². The largest absolute Gasteiger partial charge is 0.467 e. The van der Waals surface area contributed by atoms with Gasteiger partial charge in [0.1, 0.15) is 12.1 Å². The SMILES string of the molecule is COC(=O)[C@H]1CCCCN1C(=O)[C@@H]1CCCO1. The first-order chi connectivity index (χ1) is 8.24. The van der Waals surface area contributed by atoms with E-state index in [2.05, 4.69) is 0 Å². The Labute approximate surface area is 101 Å². The van der Waals surface area contributed by atoms with Crippen molar-refractivity contribution in [1.82, 2.24) is 4.90 Å². The van der Waals surface area contributed by atoms with Gasteiger partial charge in [-0.2, -0.15) is 0 Å². The fraction of sp³-hybridized carbons (Fsp3) is 0.833. The monoisotopic (exact) mass is 241 g/mol. The minimum absolute atomic E-state index is 0.0439. The summed E-state index contributed by atoms with van der Waals surface area (Å²) >= 11 is 0. The zero-order valence-corrected chi connectivity index (χ0v) is 10.2. The minimum atomic E-state index is -0.412. The Kier molecular flexibility index (Phi) is 3.99. The van der Waals surface area contributed by atoms with Gasteiger partial charge < -0.3 is 14.4 Å². The van der Waals surface area contributed by atoms with E-state index in [0.29, 0.717) is 19.6 Å². The predicted octanol–water partition coefficient (Wildman–Crippen LogP) is 0.719. The van der Waals surface area contributed by atoms with E-state index in [0.717, 1.165) is 25.7 Å². The highest BCUT2D eigenvalue weighted by Gasteiger charge is 2.37. The van der Waals surface area contributed by atoms with Crippen molar-refractivity contribution in [1.29, 1.82) is 0 Å². The van der Waals surface area contributed by atoms with Crippen molar-refractivity contribution in [2.75, 3.05) is 20.3 Å². The van der Waals surface area contributed by atoms with Crippen LogP contribution in [0.3, 0.4) is 0 Å². The van der Waals surface area contributed by atoms with Crippen LogP contribution in [0.1, 0.15) is 32.1 Å². The standard InChI is InChI=1S/C12H19NO4/c1-16-12(15)9-5-2-3-7-13(9)11(14)10-6-4-8-17-10/h9-10H,2-8H2,1H3/t9-,10+/m1/s1. The van der Waals surface area contributed by atoms with E-state index >= 15 is 0 Å². The molecular formula is C12H19NO4. The van der Waals surface area contributed by atoms with Crippen molar-refractivity contribution in [2.24, 2.45) is 0 Å². The number of hydrogen-bond donors (Lipinski definition) is 0. The van der Waals surface area contributed by atoms with Gasteiger partial charge in [0.25, 0.3) is 5.91 Å². The third-order valence-electron chi connectivity index (χ3n) is 3.46. The van der Waals surface area contributed by atoms with Crippen molar-refractivity contribution in [3.8, 4) is 0 Å². The van der Waals surface area contributed by atoms with Crippen LogP contribution in [0.25, 0.3) is 0 Å². The van der Waals surface area contributed by atoms with Crippen LogP contribution in [0.5, 0.6) is 0 Å². The first-order valence-electron chi connectivity index (χ1n) is 6.24. The lowest BCUT2D eigenvalue weighted by Crippen LogP contribution is -2.51. The van der Waals surface area contributed by atoms with E-state index in [1.807, 2.05) is 0 Å². The molecule has 1 amide bonds. The molecule has 17 heavy (non-hydrogen) atoms. The highest BCUT2D eigenvalue weighted by Crippen LogP contribution is 2.22. The molecular weight excluding hydrogens is 222 g/mol. The van der Waals surface area contributed by atoms with Crippen LogP contribution in [0.2, 0.25) is 0 Å². The Hall–Kier alpha value is -1.10. The summed E-state index contributed by atoms with van der Waals surface area (Å²) in [5.41, 5.74) is 0. The number of methoxy groups -OCH3 is 1. The van der Waals surface area contributed by atoms with Crippen LogP contribution < -0.4 is 0 Å². The maximum Gasteiger partial charge on any atom is 0.328 e. The first-order valence-corrected chi connectivity index (χ1v) is 6.24. The summed E-state index contributed by atoms with van der Waals surface area (Å²) in [6.07, 6.45) is 3.96. The third-order valence-corrected chi connectivity index (χ3v) is 3.46. The summed E-state index contributed by atoms with van der Waals surface area (Å²) in [4.78, 5) is 25.5. The van der Waals surface area contributed by atoms with Crippen LogP contribution in [0.4, 0.5) is 0 Å². The molecule has 2 heterocycles. The van der Waals surface area contributed by atoms with Gasteiger partial charge in [-0.05, 0) is 32.1 Å². The maximum atomic E-state index is 12.2. The smallest absolute Gasteiger partial charge is 0.328 e. The fourth-order valence-corrected chi connectivity index (χ4v) is 2.53. The Balaban J connectivity index is 2.04. The summed E-state index contributed by atoms with van der Waals surface area (Å²) in [6, 6.07) is -0.412. The van der Waals surface area contributed by atoms with Crippen molar-refractivity contribution in [2.45, 2.75) is 44.2 Å². The Morgan fingerprint density at radius 3 is 2.71 bits per heavy atom. The van der Waals surface area contributed by atoms with Gasteiger partial charge in [-0.3, -0.25) is 4.79 Å². The zero-order valence-electron chi connectivity index (χ0n) is 10.2. The highest BCUT2D eigenvalue weighted by molar-refractivity contribution is 5.87. The molecule has 5 nitrogen and oxygen atoms in total. The first kappa shape index (κ1) is 12.4. The minimum Gasteiger partial charge on any atom is -0.467 e. The number of esters is 1. The van der Waals surface area contributed by atoms with Crippen molar-refractivity contribution in [3.63, 3.8) is 0 Å². The zero-order chi connectivity index (χ0) is 12.3. The molecule has 0 aromatic rings. The molecule has 2 rings (SSSR count). The second-order valence-corrected chi connectivity index (χ2v) is 4.57. The predicted molar refractivity (Wildman–Crippen MR) is 60.3 cm³/mol. The van der Waals surface area contributed by atoms with Crippen LogP contribution >= 0.6 is 0 Å². The molecule has 0 aromatic heterocycles. The van der Waals surface area contributed by atoms with Crippen LogP contribution in [0.15, 0.2) is 0 Å². The summed E-state index contributed by atoms with van der Waals surface area (Å²) in [5.74, 6) is -0.353. The normalized spacial score (nSPS) is 29.1. The second-order valence-electron chi connectivity index (χ2n) is 4.57. The van der Waals surface area contributed by atoms with Crippen LogP contribution in [-0.4, -0.2) is 49.2 Å². The van der Waals surface area contributed by atoms with Gasteiger partial charge in [-0.1, -0.05) is 0 Å². The Morgan fingerprint density at radius 1 is 1.24 bits per heavy atom. The van der Waals surface area contributed by atoms with E-state index < -0.39 is 6.04 Å². The number of likely N-dealkylation sites (tertiary alicyclic amines) is 1. The number of ether oxygens (including phenoxy) is 2. The molecule has 0 unspecified atom stereocenters. The van der Waals surface area contributed by atoms with E-state index in [1.54, 1.807) is 4.90 Å². The summed E-state index contributed by atoms with van der Waals surface area (Å²) in [5, 5.41) is 0. The topological polar surface area (TPSA) is 55.8 Å². The lowest BCUT2D eigenvalue weighted by atomic mass is 10.0. The van der Waals surface area contributed by atoms with Crippen LogP contribution in [-0.2, 0) is 19.1 Å². The third kappa shape index (κ3) is 2.60. The van der Waals surface area contributed by atoms with Crippen molar-refractivity contribution >= 4 is 11.9 Å². The van der Waals surface area contributed by atoms with Gasteiger partial charge in [-0.25, -0.2) is 4.79 Å². The van der Waals surface area contributed by atoms with E-state index in [9.17, 15) is 9.59 Å². The molecule has 2 atom stereocenters. The number of carbonyl (C=O) groups is 2. The van der Waals surface area contributed by atoms with Crippen molar-refractivity contribution < 1.29 is 19.1 Å². The highest BCUT2D eigenvalue weighted by atomic mass is 16.5. The summed E-state index contributed by atoms with van der Waals surface area (Å²) in [7, 11) is 1.37. The fourth-order valence-electron chi connectivity index (χ4n) is 2.53. The lowest BCUT2D eigenvalue weighted by molar-refractivity contribution is -0.158. The molecule has 0 aromatic carbocycles.